The maximum Gasteiger partial charge on any atom is 0.238 e. The Balaban J connectivity index is 1.41. The van der Waals surface area contributed by atoms with Crippen molar-refractivity contribution < 1.29 is 9.59 Å². The Labute approximate surface area is 166 Å². The molecule has 2 amide bonds. The zero-order valence-corrected chi connectivity index (χ0v) is 16.6. The van der Waals surface area contributed by atoms with Crippen LogP contribution in [0, 0.1) is 19.8 Å². The van der Waals surface area contributed by atoms with Gasteiger partial charge in [0.25, 0.3) is 0 Å². The highest BCUT2D eigenvalue weighted by Crippen LogP contribution is 2.18. The lowest BCUT2D eigenvalue weighted by Gasteiger charge is -2.30. The van der Waals surface area contributed by atoms with Crippen molar-refractivity contribution in [1.29, 1.82) is 0 Å². The van der Waals surface area contributed by atoms with Crippen molar-refractivity contribution in [1.82, 2.24) is 15.2 Å². The third-order valence-corrected chi connectivity index (χ3v) is 5.02. The minimum atomic E-state index is -0.00974. The zero-order valence-electron chi connectivity index (χ0n) is 16.6. The van der Waals surface area contributed by atoms with Crippen molar-refractivity contribution in [2.45, 2.75) is 33.2 Å². The number of nitrogens with one attached hydrogen (secondary N) is 2. The minimum absolute atomic E-state index is 0.00963. The van der Waals surface area contributed by atoms with Gasteiger partial charge in [-0.3, -0.25) is 19.5 Å². The van der Waals surface area contributed by atoms with Crippen LogP contribution in [0.2, 0.25) is 0 Å². The molecule has 1 saturated heterocycles. The largest absolute Gasteiger partial charge is 0.352 e. The number of aryl methyl sites for hydroxylation is 2. The van der Waals surface area contributed by atoms with Crippen LogP contribution in [0.15, 0.2) is 42.7 Å². The van der Waals surface area contributed by atoms with Gasteiger partial charge in [0.1, 0.15) is 0 Å². The van der Waals surface area contributed by atoms with Crippen LogP contribution < -0.4 is 10.6 Å². The molecule has 1 fully saturated rings. The Kier molecular flexibility index (Phi) is 6.76. The second-order valence-electron chi connectivity index (χ2n) is 7.55. The van der Waals surface area contributed by atoms with Gasteiger partial charge in [-0.1, -0.05) is 12.1 Å². The molecule has 0 radical (unpaired) electrons. The van der Waals surface area contributed by atoms with Crippen LogP contribution in [-0.2, 0) is 16.1 Å². The van der Waals surface area contributed by atoms with Crippen molar-refractivity contribution in [2.75, 3.05) is 25.0 Å². The number of amides is 2. The number of benzene rings is 1. The van der Waals surface area contributed by atoms with Gasteiger partial charge in [-0.15, -0.1) is 0 Å². The lowest BCUT2D eigenvalue weighted by molar-refractivity contribution is -0.126. The number of likely N-dealkylation sites (tertiary alicyclic amines) is 1. The Morgan fingerprint density at radius 2 is 1.86 bits per heavy atom. The van der Waals surface area contributed by atoms with Gasteiger partial charge in [-0.05, 0) is 74.7 Å². The van der Waals surface area contributed by atoms with Crippen molar-refractivity contribution in [3.8, 4) is 0 Å². The number of anilines is 1. The molecule has 0 aliphatic carbocycles. The van der Waals surface area contributed by atoms with E-state index >= 15 is 0 Å². The summed E-state index contributed by atoms with van der Waals surface area (Å²) in [5.41, 5.74) is 4.10. The van der Waals surface area contributed by atoms with E-state index in [9.17, 15) is 9.59 Å². The standard InChI is InChI=1S/C22H28N4O2/c1-16-10-17(2)12-20(11-16)25-21(27)15-26-8-5-19(6-9-26)22(28)24-14-18-4-3-7-23-13-18/h3-4,7,10-13,19H,5-6,8-9,14-15H2,1-2H3,(H,24,28)(H,25,27). The van der Waals surface area contributed by atoms with Crippen LogP contribution in [0.25, 0.3) is 0 Å². The second-order valence-corrected chi connectivity index (χ2v) is 7.55. The molecule has 0 atom stereocenters. The fraction of sp³-hybridized carbons (Fsp3) is 0.409. The van der Waals surface area contributed by atoms with Gasteiger partial charge < -0.3 is 10.6 Å². The van der Waals surface area contributed by atoms with Crippen molar-refractivity contribution in [2.24, 2.45) is 5.92 Å². The minimum Gasteiger partial charge on any atom is -0.352 e. The van der Waals surface area contributed by atoms with E-state index in [-0.39, 0.29) is 17.7 Å². The highest BCUT2D eigenvalue weighted by atomic mass is 16.2. The number of piperidine rings is 1. The summed E-state index contributed by atoms with van der Waals surface area (Å²) in [5.74, 6) is 0.0862. The molecule has 6 nitrogen and oxygen atoms in total. The maximum atomic E-state index is 12.4. The van der Waals surface area contributed by atoms with Crippen LogP contribution in [0.4, 0.5) is 5.69 Å². The SMILES string of the molecule is Cc1cc(C)cc(NC(=O)CN2CCC(C(=O)NCc3cccnc3)CC2)c1. The summed E-state index contributed by atoms with van der Waals surface area (Å²) in [6.45, 7) is 6.41. The number of aromatic nitrogens is 1. The van der Waals surface area contributed by atoms with Gasteiger partial charge >= 0.3 is 0 Å². The van der Waals surface area contributed by atoms with Gasteiger partial charge in [0.15, 0.2) is 0 Å². The Bertz CT molecular complexity index is 794. The fourth-order valence-electron chi connectivity index (χ4n) is 3.64. The summed E-state index contributed by atoms with van der Waals surface area (Å²) in [5, 5.41) is 5.97. The van der Waals surface area contributed by atoms with E-state index in [1.807, 2.05) is 38.1 Å². The number of carbonyl (C=O) groups is 2. The second kappa shape index (κ2) is 9.46. The van der Waals surface area contributed by atoms with Crippen LogP contribution in [0.5, 0.6) is 0 Å². The average Bonchev–Trinajstić information content (AvgIpc) is 2.66. The molecular formula is C22H28N4O2. The molecule has 2 N–H and O–H groups in total. The summed E-state index contributed by atoms with van der Waals surface area (Å²) >= 11 is 0. The van der Waals surface area contributed by atoms with E-state index in [4.69, 9.17) is 0 Å². The first-order valence-corrected chi connectivity index (χ1v) is 9.77. The highest BCUT2D eigenvalue weighted by molar-refractivity contribution is 5.92. The maximum absolute atomic E-state index is 12.4. The molecule has 2 aromatic rings. The molecular weight excluding hydrogens is 352 g/mol. The predicted octanol–water partition coefficient (Wildman–Crippen LogP) is 2.67. The third kappa shape index (κ3) is 5.89. The lowest BCUT2D eigenvalue weighted by Crippen LogP contribution is -2.43. The molecule has 0 unspecified atom stereocenters. The van der Waals surface area contributed by atoms with E-state index in [0.717, 1.165) is 48.3 Å². The van der Waals surface area contributed by atoms with E-state index < -0.39 is 0 Å². The summed E-state index contributed by atoms with van der Waals surface area (Å²) in [6.07, 6.45) is 5.03. The molecule has 148 valence electrons. The van der Waals surface area contributed by atoms with Crippen LogP contribution in [0.1, 0.15) is 29.5 Å². The molecule has 2 heterocycles. The first-order chi connectivity index (χ1) is 13.5. The Morgan fingerprint density at radius 1 is 1.14 bits per heavy atom. The van der Waals surface area contributed by atoms with Gasteiger partial charge in [0, 0.05) is 30.5 Å². The van der Waals surface area contributed by atoms with Crippen LogP contribution in [-0.4, -0.2) is 41.3 Å². The summed E-state index contributed by atoms with van der Waals surface area (Å²) in [4.78, 5) is 30.9. The number of pyridine rings is 1. The van der Waals surface area contributed by atoms with Crippen LogP contribution in [0.3, 0.4) is 0 Å². The quantitative estimate of drug-likeness (QED) is 0.808. The smallest absolute Gasteiger partial charge is 0.238 e. The number of hydrogen-bond acceptors (Lipinski definition) is 4. The molecule has 0 saturated carbocycles. The number of carbonyl (C=O) groups excluding carboxylic acids is 2. The molecule has 0 bridgehead atoms. The molecule has 1 aliphatic heterocycles. The molecule has 1 aromatic carbocycles. The van der Waals surface area contributed by atoms with Gasteiger partial charge in [0.05, 0.1) is 6.54 Å². The molecule has 3 rings (SSSR count). The normalized spacial score (nSPS) is 15.2. The average molecular weight is 380 g/mol. The molecule has 1 aliphatic rings. The molecule has 6 heteroatoms. The number of hydrogen-bond donors (Lipinski definition) is 2. The van der Waals surface area contributed by atoms with Gasteiger partial charge in [-0.25, -0.2) is 0 Å². The number of rotatable bonds is 6. The van der Waals surface area contributed by atoms with E-state index in [1.165, 1.54) is 0 Å². The van der Waals surface area contributed by atoms with E-state index in [1.54, 1.807) is 12.4 Å². The third-order valence-electron chi connectivity index (χ3n) is 5.02. The van der Waals surface area contributed by atoms with Crippen molar-refractivity contribution in [3.05, 3.63) is 59.4 Å². The van der Waals surface area contributed by atoms with Gasteiger partial charge in [-0.2, -0.15) is 0 Å². The van der Waals surface area contributed by atoms with Gasteiger partial charge in [0.2, 0.25) is 11.8 Å². The summed E-state index contributed by atoms with van der Waals surface area (Å²) < 4.78 is 0. The van der Waals surface area contributed by atoms with E-state index in [0.29, 0.717) is 13.1 Å². The van der Waals surface area contributed by atoms with Crippen molar-refractivity contribution in [3.63, 3.8) is 0 Å². The first kappa shape index (κ1) is 20.0. The molecule has 28 heavy (non-hydrogen) atoms. The topological polar surface area (TPSA) is 74.3 Å². The van der Waals surface area contributed by atoms with Crippen LogP contribution >= 0.6 is 0 Å². The van der Waals surface area contributed by atoms with E-state index in [2.05, 4.69) is 26.6 Å². The predicted molar refractivity (Wildman–Crippen MR) is 110 cm³/mol. The number of nitrogens with zero attached hydrogens (tertiary/aromatic N) is 2. The lowest BCUT2D eigenvalue weighted by atomic mass is 9.96. The van der Waals surface area contributed by atoms with Crippen molar-refractivity contribution >= 4 is 17.5 Å². The summed E-state index contributed by atoms with van der Waals surface area (Å²) in [7, 11) is 0. The first-order valence-electron chi connectivity index (χ1n) is 9.77. The Morgan fingerprint density at radius 3 is 2.50 bits per heavy atom. The highest BCUT2D eigenvalue weighted by Gasteiger charge is 2.25. The molecule has 1 aromatic heterocycles. The Hall–Kier alpha value is -2.73. The zero-order chi connectivity index (χ0) is 19.9. The fourth-order valence-corrected chi connectivity index (χ4v) is 3.64. The summed E-state index contributed by atoms with van der Waals surface area (Å²) in [6, 6.07) is 9.85. The molecule has 0 spiro atoms. The monoisotopic (exact) mass is 380 g/mol.